The van der Waals surface area contributed by atoms with Crippen LogP contribution in [0.2, 0.25) is 0 Å². The highest BCUT2D eigenvalue weighted by atomic mass is 16.2. The summed E-state index contributed by atoms with van der Waals surface area (Å²) in [5, 5.41) is 20.8. The van der Waals surface area contributed by atoms with Crippen molar-refractivity contribution in [2.45, 2.75) is 46.6 Å². The summed E-state index contributed by atoms with van der Waals surface area (Å²) in [6, 6.07) is 8.27. The number of rotatable bonds is 11. The Bertz CT molecular complexity index is 1380. The van der Waals surface area contributed by atoms with Gasteiger partial charge in [-0.05, 0) is 48.7 Å². The molecule has 0 unspecified atom stereocenters. The average Bonchev–Trinajstić information content (AvgIpc) is 3.55. The lowest BCUT2D eigenvalue weighted by atomic mass is 9.98. The summed E-state index contributed by atoms with van der Waals surface area (Å²) in [6.07, 6.45) is 7.50. The molecule has 0 radical (unpaired) electrons. The van der Waals surface area contributed by atoms with Gasteiger partial charge in [0, 0.05) is 43.0 Å². The summed E-state index contributed by atoms with van der Waals surface area (Å²) in [6.45, 7) is 8.97. The summed E-state index contributed by atoms with van der Waals surface area (Å²) in [7, 11) is 0. The lowest BCUT2D eigenvalue weighted by molar-refractivity contribution is 0.0751. The lowest BCUT2D eigenvalue weighted by Crippen LogP contribution is -2.33. The van der Waals surface area contributed by atoms with Gasteiger partial charge in [-0.1, -0.05) is 26.3 Å². The second-order valence-corrected chi connectivity index (χ2v) is 8.78. The van der Waals surface area contributed by atoms with E-state index in [9.17, 15) is 4.79 Å². The number of hydrogen-bond donors (Lipinski definition) is 3. The van der Waals surface area contributed by atoms with Crippen molar-refractivity contribution in [3.8, 4) is 28.7 Å². The van der Waals surface area contributed by atoms with E-state index in [-0.39, 0.29) is 5.91 Å². The molecule has 0 aliphatic carbocycles. The van der Waals surface area contributed by atoms with Gasteiger partial charge >= 0.3 is 0 Å². The van der Waals surface area contributed by atoms with Crippen molar-refractivity contribution in [1.29, 1.82) is 5.26 Å². The average molecular weight is 485 g/mol. The Morgan fingerprint density at radius 1 is 1.19 bits per heavy atom. The molecule has 9 heteroatoms. The van der Waals surface area contributed by atoms with E-state index in [0.717, 1.165) is 48.0 Å². The van der Waals surface area contributed by atoms with Crippen LogP contribution < -0.4 is 5.32 Å². The smallest absolute Gasteiger partial charge is 0.271 e. The molecule has 0 saturated heterocycles. The van der Waals surface area contributed by atoms with Gasteiger partial charge in [0.2, 0.25) is 0 Å². The molecule has 9 nitrogen and oxygen atoms in total. The molecule has 3 heterocycles. The zero-order valence-electron chi connectivity index (χ0n) is 21.1. The van der Waals surface area contributed by atoms with Crippen LogP contribution in [0.5, 0.6) is 0 Å². The highest BCUT2D eigenvalue weighted by molar-refractivity contribution is 5.96. The summed E-state index contributed by atoms with van der Waals surface area (Å²) < 4.78 is 0. The van der Waals surface area contributed by atoms with Crippen LogP contribution in [0.1, 0.15) is 54.7 Å². The quantitative estimate of drug-likeness (QED) is 0.286. The normalized spacial score (nSPS) is 11.1. The summed E-state index contributed by atoms with van der Waals surface area (Å²) >= 11 is 0. The first kappa shape index (κ1) is 25.1. The maximum atomic E-state index is 13.1. The number of carbonyl (C=O) groups is 1. The standard InChI is InChI=1S/C27H32N8O/c1-4-6-11-35(12-7-10-28)27(36)24-17-31-26(32-24)25-21-13-19(8-9-23(21)33-34-25)22-16-30-15-20(18(22)3)14-29-5-2/h8-9,13,15-17,29H,4-7,11-12,14H2,1-3H3,(H,31,32)(H,33,34). The molecule has 4 aromatic rings. The van der Waals surface area contributed by atoms with Crippen molar-refractivity contribution in [2.75, 3.05) is 19.6 Å². The highest BCUT2D eigenvalue weighted by Crippen LogP contribution is 2.31. The van der Waals surface area contributed by atoms with Crippen molar-refractivity contribution < 1.29 is 4.79 Å². The predicted octanol–water partition coefficient (Wildman–Crippen LogP) is 4.59. The molecular weight excluding hydrogens is 452 g/mol. The molecular formula is C27H32N8O. The number of nitriles is 1. The number of imidazole rings is 1. The summed E-state index contributed by atoms with van der Waals surface area (Å²) in [4.78, 5) is 26.9. The SMILES string of the molecule is CCCCN(CCC#N)C(=O)c1cnc(-c2n[nH]c3ccc(-c4cncc(CNCC)c4C)cc23)[nH]1. The van der Waals surface area contributed by atoms with Crippen LogP contribution in [-0.2, 0) is 6.54 Å². The molecule has 4 rings (SSSR count). The first-order chi connectivity index (χ1) is 17.6. The molecule has 0 spiro atoms. The second-order valence-electron chi connectivity index (χ2n) is 8.78. The van der Waals surface area contributed by atoms with Crippen LogP contribution >= 0.6 is 0 Å². The van der Waals surface area contributed by atoms with Gasteiger partial charge in [-0.25, -0.2) is 4.98 Å². The molecule has 0 aliphatic heterocycles. The van der Waals surface area contributed by atoms with E-state index >= 15 is 0 Å². The van der Waals surface area contributed by atoms with Crippen molar-refractivity contribution in [3.05, 3.63) is 53.6 Å². The Balaban J connectivity index is 1.65. The molecule has 0 aliphatic rings. The molecule has 1 amide bonds. The third kappa shape index (κ3) is 5.29. The van der Waals surface area contributed by atoms with Crippen molar-refractivity contribution >= 4 is 16.8 Å². The molecule has 3 aromatic heterocycles. The van der Waals surface area contributed by atoms with Gasteiger partial charge < -0.3 is 15.2 Å². The minimum atomic E-state index is -0.155. The van der Waals surface area contributed by atoms with Crippen LogP contribution in [0.25, 0.3) is 33.5 Å². The fourth-order valence-corrected chi connectivity index (χ4v) is 4.23. The van der Waals surface area contributed by atoms with E-state index in [1.54, 1.807) is 11.1 Å². The fourth-order valence-electron chi connectivity index (χ4n) is 4.23. The largest absolute Gasteiger partial charge is 0.336 e. The molecule has 0 atom stereocenters. The minimum absolute atomic E-state index is 0.155. The summed E-state index contributed by atoms with van der Waals surface area (Å²) in [5.74, 6) is 0.366. The third-order valence-electron chi connectivity index (χ3n) is 6.35. The zero-order chi connectivity index (χ0) is 25.5. The van der Waals surface area contributed by atoms with Gasteiger partial charge in [-0.3, -0.25) is 14.9 Å². The Hall–Kier alpha value is -4.03. The maximum Gasteiger partial charge on any atom is 0.271 e. The van der Waals surface area contributed by atoms with Crippen LogP contribution in [0.15, 0.2) is 36.8 Å². The van der Waals surface area contributed by atoms with Gasteiger partial charge in [-0.2, -0.15) is 10.4 Å². The number of unbranched alkanes of at least 4 members (excludes halogenated alkanes) is 1. The summed E-state index contributed by atoms with van der Waals surface area (Å²) in [5.41, 5.74) is 6.38. The molecule has 1 aromatic carbocycles. The van der Waals surface area contributed by atoms with Crippen molar-refractivity contribution in [1.82, 2.24) is 35.4 Å². The van der Waals surface area contributed by atoms with E-state index in [2.05, 4.69) is 69.4 Å². The van der Waals surface area contributed by atoms with E-state index < -0.39 is 0 Å². The Labute approximate surface area is 211 Å². The van der Waals surface area contributed by atoms with Crippen LogP contribution in [0.4, 0.5) is 0 Å². The van der Waals surface area contributed by atoms with Crippen molar-refractivity contribution in [3.63, 3.8) is 0 Å². The number of carbonyl (C=O) groups excluding carboxylic acids is 1. The van der Waals surface area contributed by atoms with Crippen LogP contribution in [-0.4, -0.2) is 55.6 Å². The first-order valence-corrected chi connectivity index (χ1v) is 12.4. The number of amides is 1. The van der Waals surface area contributed by atoms with Gasteiger partial charge in [0.1, 0.15) is 11.4 Å². The number of hydrogen-bond acceptors (Lipinski definition) is 6. The van der Waals surface area contributed by atoms with Crippen LogP contribution in [0, 0.1) is 18.3 Å². The number of pyridine rings is 1. The maximum absolute atomic E-state index is 13.1. The van der Waals surface area contributed by atoms with E-state index in [1.807, 2.05) is 18.5 Å². The van der Waals surface area contributed by atoms with E-state index in [4.69, 9.17) is 5.26 Å². The topological polar surface area (TPSA) is 126 Å². The predicted molar refractivity (Wildman–Crippen MR) is 140 cm³/mol. The van der Waals surface area contributed by atoms with Gasteiger partial charge in [0.05, 0.1) is 24.2 Å². The number of benzene rings is 1. The lowest BCUT2D eigenvalue weighted by Gasteiger charge is -2.20. The molecule has 186 valence electrons. The second kappa shape index (κ2) is 11.6. The molecule has 0 saturated carbocycles. The molecule has 0 fully saturated rings. The van der Waals surface area contributed by atoms with E-state index in [1.165, 1.54) is 11.1 Å². The van der Waals surface area contributed by atoms with Gasteiger partial charge in [0.25, 0.3) is 5.91 Å². The number of nitrogens with one attached hydrogen (secondary N) is 3. The number of fused-ring (bicyclic) bond motifs is 1. The molecule has 36 heavy (non-hydrogen) atoms. The number of aromatic amines is 2. The highest BCUT2D eigenvalue weighted by Gasteiger charge is 2.20. The van der Waals surface area contributed by atoms with Gasteiger partial charge in [0.15, 0.2) is 5.82 Å². The Kier molecular flexibility index (Phi) is 8.08. The fraction of sp³-hybridized carbons (Fsp3) is 0.370. The Morgan fingerprint density at radius 2 is 2.06 bits per heavy atom. The number of aromatic nitrogens is 5. The monoisotopic (exact) mass is 484 g/mol. The van der Waals surface area contributed by atoms with Crippen molar-refractivity contribution in [2.24, 2.45) is 0 Å². The third-order valence-corrected chi connectivity index (χ3v) is 6.35. The van der Waals surface area contributed by atoms with Crippen LogP contribution in [0.3, 0.4) is 0 Å². The zero-order valence-corrected chi connectivity index (χ0v) is 21.1. The number of nitrogens with zero attached hydrogens (tertiary/aromatic N) is 5. The van der Waals surface area contributed by atoms with E-state index in [0.29, 0.717) is 36.7 Å². The Morgan fingerprint density at radius 3 is 2.83 bits per heavy atom. The molecule has 3 N–H and O–H groups in total. The van der Waals surface area contributed by atoms with Gasteiger partial charge in [-0.15, -0.1) is 0 Å². The molecule has 0 bridgehead atoms. The first-order valence-electron chi connectivity index (χ1n) is 12.4. The number of H-pyrrole nitrogens is 2. The minimum Gasteiger partial charge on any atom is -0.336 e.